The summed E-state index contributed by atoms with van der Waals surface area (Å²) in [5.41, 5.74) is 1.09. The Labute approximate surface area is 152 Å². The second-order valence-electron chi connectivity index (χ2n) is 6.87. The van der Waals surface area contributed by atoms with Gasteiger partial charge in [-0.15, -0.1) is 0 Å². The molecule has 134 valence electrons. The summed E-state index contributed by atoms with van der Waals surface area (Å²) in [6, 6.07) is 10.7. The molecular formula is C20H19NO4S. The first-order valence-corrected chi connectivity index (χ1v) is 10.3. The molecule has 26 heavy (non-hydrogen) atoms. The van der Waals surface area contributed by atoms with Gasteiger partial charge in [0.15, 0.2) is 11.6 Å². The van der Waals surface area contributed by atoms with Crippen molar-refractivity contribution in [2.75, 3.05) is 0 Å². The van der Waals surface area contributed by atoms with Gasteiger partial charge in [-0.25, -0.2) is 13.1 Å². The smallest absolute Gasteiger partial charge is 0.240 e. The lowest BCUT2D eigenvalue weighted by molar-refractivity contribution is 0.0979. The monoisotopic (exact) mass is 369 g/mol. The number of fused-ring (bicyclic) bond motifs is 2. The molecule has 1 N–H and O–H groups in total. The van der Waals surface area contributed by atoms with Crippen LogP contribution in [0.3, 0.4) is 0 Å². The highest BCUT2D eigenvalue weighted by Crippen LogP contribution is 2.29. The van der Waals surface area contributed by atoms with Crippen LogP contribution < -0.4 is 4.72 Å². The third-order valence-corrected chi connectivity index (χ3v) is 6.65. The highest BCUT2D eigenvalue weighted by atomic mass is 32.2. The Morgan fingerprint density at radius 3 is 2.00 bits per heavy atom. The molecule has 0 aliphatic heterocycles. The van der Waals surface area contributed by atoms with E-state index in [2.05, 4.69) is 4.72 Å². The lowest BCUT2D eigenvalue weighted by Gasteiger charge is -2.23. The zero-order valence-electron chi connectivity index (χ0n) is 14.2. The third-order valence-electron chi connectivity index (χ3n) is 5.13. The van der Waals surface area contributed by atoms with Gasteiger partial charge in [-0.1, -0.05) is 43.5 Å². The van der Waals surface area contributed by atoms with Crippen molar-refractivity contribution in [2.24, 2.45) is 0 Å². The third kappa shape index (κ3) is 2.89. The Morgan fingerprint density at radius 2 is 1.35 bits per heavy atom. The topological polar surface area (TPSA) is 80.3 Å². The van der Waals surface area contributed by atoms with Crippen molar-refractivity contribution < 1.29 is 18.0 Å². The van der Waals surface area contributed by atoms with Crippen LogP contribution in [0.1, 0.15) is 63.9 Å². The molecule has 0 saturated heterocycles. The molecule has 2 aliphatic carbocycles. The molecule has 0 bridgehead atoms. The standard InChI is InChI=1S/C20H19NO4S/c22-19-15-8-4-5-9-16(15)20(23)18-12-14(10-11-17(18)19)26(24,25)21-13-6-2-1-3-7-13/h4-5,8-13,21H,1-3,6-7H2. The number of rotatable bonds is 3. The average molecular weight is 369 g/mol. The fraction of sp³-hybridized carbons (Fsp3) is 0.300. The largest absolute Gasteiger partial charge is 0.289 e. The van der Waals surface area contributed by atoms with E-state index >= 15 is 0 Å². The first kappa shape index (κ1) is 17.1. The predicted octanol–water partition coefficient (Wildman–Crippen LogP) is 3.07. The van der Waals surface area contributed by atoms with Gasteiger partial charge in [0, 0.05) is 28.3 Å². The fourth-order valence-electron chi connectivity index (χ4n) is 3.75. The molecule has 0 amide bonds. The van der Waals surface area contributed by atoms with Gasteiger partial charge in [-0.05, 0) is 31.0 Å². The normalized spacial score (nSPS) is 17.7. The maximum absolute atomic E-state index is 12.8. The van der Waals surface area contributed by atoms with Gasteiger partial charge >= 0.3 is 0 Å². The first-order valence-electron chi connectivity index (χ1n) is 8.82. The summed E-state index contributed by atoms with van der Waals surface area (Å²) >= 11 is 0. The maximum atomic E-state index is 12.8. The van der Waals surface area contributed by atoms with Gasteiger partial charge in [0.2, 0.25) is 10.0 Å². The van der Waals surface area contributed by atoms with Crippen LogP contribution in [-0.4, -0.2) is 26.0 Å². The molecule has 5 nitrogen and oxygen atoms in total. The van der Waals surface area contributed by atoms with Crippen molar-refractivity contribution in [3.63, 3.8) is 0 Å². The number of carbonyl (C=O) groups excluding carboxylic acids is 2. The van der Waals surface area contributed by atoms with Crippen molar-refractivity contribution in [3.05, 3.63) is 64.7 Å². The minimum atomic E-state index is -3.73. The minimum Gasteiger partial charge on any atom is -0.289 e. The Morgan fingerprint density at radius 1 is 0.769 bits per heavy atom. The molecule has 4 rings (SSSR count). The molecule has 1 fully saturated rings. The van der Waals surface area contributed by atoms with Crippen LogP contribution in [0.2, 0.25) is 0 Å². The number of nitrogens with one attached hydrogen (secondary N) is 1. The maximum Gasteiger partial charge on any atom is 0.240 e. The Hall–Kier alpha value is -2.31. The molecule has 1 saturated carbocycles. The van der Waals surface area contributed by atoms with Gasteiger partial charge in [0.1, 0.15) is 0 Å². The minimum absolute atomic E-state index is 0.0300. The number of ketones is 2. The Bertz CT molecular complexity index is 1000. The van der Waals surface area contributed by atoms with Crippen LogP contribution in [0.4, 0.5) is 0 Å². The zero-order chi connectivity index (χ0) is 18.3. The molecule has 2 aliphatic rings. The van der Waals surface area contributed by atoms with Crippen molar-refractivity contribution in [3.8, 4) is 0 Å². The average Bonchev–Trinajstić information content (AvgIpc) is 2.66. The van der Waals surface area contributed by atoms with Crippen molar-refractivity contribution >= 4 is 21.6 Å². The van der Waals surface area contributed by atoms with Crippen LogP contribution >= 0.6 is 0 Å². The number of carbonyl (C=O) groups is 2. The molecule has 6 heteroatoms. The second kappa shape index (κ2) is 6.45. The van der Waals surface area contributed by atoms with Crippen LogP contribution in [0.15, 0.2) is 47.4 Å². The van der Waals surface area contributed by atoms with Crippen molar-refractivity contribution in [1.29, 1.82) is 0 Å². The van der Waals surface area contributed by atoms with E-state index in [1.807, 2.05) is 0 Å². The highest BCUT2D eigenvalue weighted by Gasteiger charge is 2.31. The molecule has 0 atom stereocenters. The van der Waals surface area contributed by atoms with E-state index in [-0.39, 0.29) is 33.6 Å². The molecular weight excluding hydrogens is 350 g/mol. The van der Waals surface area contributed by atoms with E-state index in [0.717, 1.165) is 32.1 Å². The van der Waals surface area contributed by atoms with Crippen LogP contribution in [0.25, 0.3) is 0 Å². The number of sulfonamides is 1. The number of hydrogen-bond donors (Lipinski definition) is 1. The number of hydrogen-bond acceptors (Lipinski definition) is 4. The van der Waals surface area contributed by atoms with E-state index in [9.17, 15) is 18.0 Å². The summed E-state index contributed by atoms with van der Waals surface area (Å²) in [6.45, 7) is 0. The van der Waals surface area contributed by atoms with Crippen LogP contribution in [-0.2, 0) is 10.0 Å². The van der Waals surface area contributed by atoms with Gasteiger partial charge in [-0.2, -0.15) is 0 Å². The summed E-state index contributed by atoms with van der Waals surface area (Å²) in [7, 11) is -3.73. The molecule has 0 spiro atoms. The van der Waals surface area contributed by atoms with Crippen LogP contribution in [0, 0.1) is 0 Å². The van der Waals surface area contributed by atoms with E-state index < -0.39 is 10.0 Å². The summed E-state index contributed by atoms with van der Waals surface area (Å²) < 4.78 is 28.2. The molecule has 2 aromatic carbocycles. The predicted molar refractivity (Wildman–Crippen MR) is 96.9 cm³/mol. The Balaban J connectivity index is 1.71. The molecule has 0 aromatic heterocycles. The zero-order valence-corrected chi connectivity index (χ0v) is 15.0. The Kier molecular flexibility index (Phi) is 4.25. The van der Waals surface area contributed by atoms with E-state index in [1.165, 1.54) is 18.2 Å². The lowest BCUT2D eigenvalue weighted by Crippen LogP contribution is -2.36. The molecule has 0 unspecified atom stereocenters. The van der Waals surface area contributed by atoms with Gasteiger partial charge < -0.3 is 0 Å². The van der Waals surface area contributed by atoms with Gasteiger partial charge in [-0.3, -0.25) is 9.59 Å². The lowest BCUT2D eigenvalue weighted by atomic mass is 9.84. The SMILES string of the molecule is O=C1c2ccccc2C(=O)c2cc(S(=O)(=O)NC3CCCCC3)ccc21. The summed E-state index contributed by atoms with van der Waals surface area (Å²) in [5.74, 6) is -0.565. The summed E-state index contributed by atoms with van der Waals surface area (Å²) in [4.78, 5) is 25.4. The highest BCUT2D eigenvalue weighted by molar-refractivity contribution is 7.89. The summed E-state index contributed by atoms with van der Waals surface area (Å²) in [6.07, 6.45) is 4.82. The molecule has 0 heterocycles. The van der Waals surface area contributed by atoms with Crippen molar-refractivity contribution in [2.45, 2.75) is 43.0 Å². The first-order chi connectivity index (χ1) is 12.5. The van der Waals surface area contributed by atoms with Crippen molar-refractivity contribution in [1.82, 2.24) is 4.72 Å². The molecule has 2 aromatic rings. The van der Waals surface area contributed by atoms with Gasteiger partial charge in [0.05, 0.1) is 4.90 Å². The van der Waals surface area contributed by atoms with Crippen LogP contribution in [0.5, 0.6) is 0 Å². The summed E-state index contributed by atoms with van der Waals surface area (Å²) in [5, 5.41) is 0. The second-order valence-corrected chi connectivity index (χ2v) is 8.58. The van der Waals surface area contributed by atoms with E-state index in [0.29, 0.717) is 11.1 Å². The quantitative estimate of drug-likeness (QED) is 0.769. The molecule has 0 radical (unpaired) electrons. The fourth-order valence-corrected chi connectivity index (χ4v) is 5.08. The number of benzene rings is 2. The van der Waals surface area contributed by atoms with E-state index in [1.54, 1.807) is 24.3 Å². The van der Waals surface area contributed by atoms with Gasteiger partial charge in [0.25, 0.3) is 0 Å². The van der Waals surface area contributed by atoms with E-state index in [4.69, 9.17) is 0 Å².